The van der Waals surface area contributed by atoms with E-state index in [4.69, 9.17) is 9.52 Å². The van der Waals surface area contributed by atoms with Crippen LogP contribution in [0.3, 0.4) is 0 Å². The Morgan fingerprint density at radius 3 is 2.76 bits per heavy atom. The molecule has 0 aliphatic carbocycles. The molecule has 4 nitrogen and oxygen atoms in total. The zero-order chi connectivity index (χ0) is 12.4. The number of Topliss-reactive ketones (excluding diaryl/α,β-unsaturated/α-hetero) is 1. The van der Waals surface area contributed by atoms with Gasteiger partial charge in [-0.05, 0) is 6.07 Å². The average Bonchev–Trinajstić information content (AvgIpc) is 2.70. The number of aliphatic carboxylic acids is 1. The lowest BCUT2D eigenvalue weighted by molar-refractivity contribution is -0.137. The van der Waals surface area contributed by atoms with Crippen molar-refractivity contribution in [2.45, 2.75) is 13.3 Å². The summed E-state index contributed by atoms with van der Waals surface area (Å²) in [5, 5.41) is 9.40. The summed E-state index contributed by atoms with van der Waals surface area (Å²) in [7, 11) is 0. The van der Waals surface area contributed by atoms with E-state index >= 15 is 0 Å². The largest absolute Gasteiger partial charge is 0.481 e. The molecule has 0 bridgehead atoms. The number of carboxylic acid groups (broad SMARTS) is 1. The lowest BCUT2D eigenvalue weighted by atomic mass is 9.96. The minimum Gasteiger partial charge on any atom is -0.481 e. The van der Waals surface area contributed by atoms with Gasteiger partial charge in [-0.25, -0.2) is 0 Å². The van der Waals surface area contributed by atoms with Crippen molar-refractivity contribution in [1.29, 1.82) is 0 Å². The van der Waals surface area contributed by atoms with Crippen LogP contribution in [-0.2, 0) is 4.79 Å². The third-order valence-corrected chi connectivity index (χ3v) is 2.67. The van der Waals surface area contributed by atoms with Crippen LogP contribution in [-0.4, -0.2) is 16.9 Å². The van der Waals surface area contributed by atoms with Crippen LogP contribution >= 0.6 is 0 Å². The molecule has 0 fully saturated rings. The number of carboxylic acids is 1. The molecule has 17 heavy (non-hydrogen) atoms. The summed E-state index contributed by atoms with van der Waals surface area (Å²) in [5.74, 6) is -1.72. The quantitative estimate of drug-likeness (QED) is 0.823. The first-order valence-electron chi connectivity index (χ1n) is 5.32. The van der Waals surface area contributed by atoms with Crippen molar-refractivity contribution in [2.24, 2.45) is 5.92 Å². The molecule has 0 aliphatic rings. The molecule has 0 saturated carbocycles. The van der Waals surface area contributed by atoms with Gasteiger partial charge in [-0.1, -0.05) is 25.1 Å². The normalized spacial score (nSPS) is 12.5. The van der Waals surface area contributed by atoms with Gasteiger partial charge < -0.3 is 9.52 Å². The van der Waals surface area contributed by atoms with Gasteiger partial charge in [-0.2, -0.15) is 0 Å². The van der Waals surface area contributed by atoms with Crippen LogP contribution in [0.4, 0.5) is 0 Å². The zero-order valence-electron chi connectivity index (χ0n) is 9.34. The first-order valence-corrected chi connectivity index (χ1v) is 5.32. The highest BCUT2D eigenvalue weighted by molar-refractivity contribution is 6.08. The number of para-hydroxylation sites is 1. The van der Waals surface area contributed by atoms with Gasteiger partial charge in [0.2, 0.25) is 0 Å². The van der Waals surface area contributed by atoms with E-state index in [0.29, 0.717) is 11.1 Å². The second kappa shape index (κ2) is 4.41. The summed E-state index contributed by atoms with van der Waals surface area (Å²) >= 11 is 0. The van der Waals surface area contributed by atoms with Gasteiger partial charge in [0.05, 0.1) is 12.0 Å². The summed E-state index contributed by atoms with van der Waals surface area (Å²) < 4.78 is 5.26. The number of ketones is 1. The molecule has 0 aliphatic heterocycles. The summed E-state index contributed by atoms with van der Waals surface area (Å²) in [6.45, 7) is 1.61. The lowest BCUT2D eigenvalue weighted by Gasteiger charge is -2.05. The van der Waals surface area contributed by atoms with Crippen molar-refractivity contribution < 1.29 is 19.1 Å². The molecule has 0 radical (unpaired) electrons. The molecule has 4 heteroatoms. The SMILES string of the molecule is CC(CC(=O)O)C(=O)c1coc2ccccc12. The maximum Gasteiger partial charge on any atom is 0.304 e. The second-order valence-electron chi connectivity index (χ2n) is 4.01. The van der Waals surface area contributed by atoms with Gasteiger partial charge in [0.15, 0.2) is 5.78 Å². The van der Waals surface area contributed by atoms with Gasteiger partial charge >= 0.3 is 5.97 Å². The fourth-order valence-corrected chi connectivity index (χ4v) is 1.79. The number of hydrogen-bond acceptors (Lipinski definition) is 3. The van der Waals surface area contributed by atoms with E-state index in [0.717, 1.165) is 5.39 Å². The van der Waals surface area contributed by atoms with E-state index in [1.807, 2.05) is 12.1 Å². The maximum atomic E-state index is 12.0. The third-order valence-electron chi connectivity index (χ3n) is 2.67. The molecule has 0 saturated heterocycles. The van der Waals surface area contributed by atoms with Crippen LogP contribution in [0.15, 0.2) is 34.9 Å². The fourth-order valence-electron chi connectivity index (χ4n) is 1.79. The summed E-state index contributed by atoms with van der Waals surface area (Å²) in [6.07, 6.45) is 1.23. The maximum absolute atomic E-state index is 12.0. The van der Waals surface area contributed by atoms with Crippen LogP contribution in [0.1, 0.15) is 23.7 Å². The van der Waals surface area contributed by atoms with Crippen LogP contribution in [0.5, 0.6) is 0 Å². The van der Waals surface area contributed by atoms with Crippen molar-refractivity contribution in [3.05, 3.63) is 36.1 Å². The van der Waals surface area contributed by atoms with Crippen LogP contribution in [0.2, 0.25) is 0 Å². The number of carbonyl (C=O) groups excluding carboxylic acids is 1. The Bertz CT molecular complexity index is 568. The fraction of sp³-hybridized carbons (Fsp3) is 0.231. The smallest absolute Gasteiger partial charge is 0.304 e. The summed E-state index contributed by atoms with van der Waals surface area (Å²) in [4.78, 5) is 22.6. The van der Waals surface area contributed by atoms with Crippen molar-refractivity contribution in [2.75, 3.05) is 0 Å². The highest BCUT2D eigenvalue weighted by Crippen LogP contribution is 2.24. The predicted molar refractivity (Wildman–Crippen MR) is 62.0 cm³/mol. The first kappa shape index (κ1) is 11.4. The number of rotatable bonds is 4. The van der Waals surface area contributed by atoms with Crippen molar-refractivity contribution >= 4 is 22.7 Å². The van der Waals surface area contributed by atoms with Gasteiger partial charge in [-0.3, -0.25) is 9.59 Å². The standard InChI is InChI=1S/C13H12O4/c1-8(6-12(14)15)13(16)10-7-17-11-5-3-2-4-9(10)11/h2-5,7-8H,6H2,1H3,(H,14,15). The molecule has 88 valence electrons. The van der Waals surface area contributed by atoms with Crippen molar-refractivity contribution in [1.82, 2.24) is 0 Å². The molecular weight excluding hydrogens is 220 g/mol. The monoisotopic (exact) mass is 232 g/mol. The number of hydrogen-bond donors (Lipinski definition) is 1. The minimum absolute atomic E-state index is 0.168. The zero-order valence-corrected chi connectivity index (χ0v) is 9.34. The molecular formula is C13H12O4. The van der Waals surface area contributed by atoms with Crippen molar-refractivity contribution in [3.8, 4) is 0 Å². The number of carbonyl (C=O) groups is 2. The van der Waals surface area contributed by atoms with E-state index in [2.05, 4.69) is 0 Å². The van der Waals surface area contributed by atoms with E-state index in [9.17, 15) is 9.59 Å². The summed E-state index contributed by atoms with van der Waals surface area (Å²) in [5.41, 5.74) is 1.09. The lowest BCUT2D eigenvalue weighted by Crippen LogP contribution is -2.15. The minimum atomic E-state index is -0.973. The van der Waals surface area contributed by atoms with Gasteiger partial charge in [0, 0.05) is 11.3 Å². The Hall–Kier alpha value is -2.10. The van der Waals surface area contributed by atoms with E-state index in [1.54, 1.807) is 19.1 Å². The van der Waals surface area contributed by atoms with Gasteiger partial charge in [0.25, 0.3) is 0 Å². The molecule has 1 N–H and O–H groups in total. The number of benzene rings is 1. The molecule has 0 amide bonds. The number of fused-ring (bicyclic) bond motifs is 1. The molecule has 1 aromatic carbocycles. The Kier molecular flexibility index (Phi) is 2.95. The molecule has 2 aromatic rings. The van der Waals surface area contributed by atoms with E-state index < -0.39 is 11.9 Å². The second-order valence-corrected chi connectivity index (χ2v) is 4.01. The molecule has 1 atom stereocenters. The van der Waals surface area contributed by atoms with Crippen molar-refractivity contribution in [3.63, 3.8) is 0 Å². The molecule has 0 spiro atoms. The van der Waals surface area contributed by atoms with E-state index in [1.165, 1.54) is 6.26 Å². The number of furan rings is 1. The highest BCUT2D eigenvalue weighted by atomic mass is 16.4. The first-order chi connectivity index (χ1) is 8.09. The third kappa shape index (κ3) is 2.20. The molecule has 1 unspecified atom stereocenters. The molecule has 1 heterocycles. The average molecular weight is 232 g/mol. The Morgan fingerprint density at radius 2 is 2.06 bits per heavy atom. The van der Waals surface area contributed by atoms with E-state index in [-0.39, 0.29) is 12.2 Å². The van der Waals surface area contributed by atoms with Gasteiger partial charge in [0.1, 0.15) is 11.8 Å². The predicted octanol–water partition coefficient (Wildman–Crippen LogP) is 2.73. The Labute approximate surface area is 97.8 Å². The van der Waals surface area contributed by atoms with Crippen LogP contribution in [0, 0.1) is 5.92 Å². The van der Waals surface area contributed by atoms with Crippen LogP contribution in [0.25, 0.3) is 11.0 Å². The van der Waals surface area contributed by atoms with Gasteiger partial charge in [-0.15, -0.1) is 0 Å². The summed E-state index contributed by atoms with van der Waals surface area (Å²) in [6, 6.07) is 7.20. The van der Waals surface area contributed by atoms with Crippen LogP contribution < -0.4 is 0 Å². The topological polar surface area (TPSA) is 67.5 Å². The molecule has 2 rings (SSSR count). The Balaban J connectivity index is 2.33. The molecule has 1 aromatic heterocycles. The highest BCUT2D eigenvalue weighted by Gasteiger charge is 2.21. The Morgan fingerprint density at radius 1 is 1.35 bits per heavy atom.